The van der Waals surface area contributed by atoms with E-state index in [1.165, 1.54) is 49.8 Å². The maximum Gasteiger partial charge on any atom is 0.505 e. The number of hydrogen-bond acceptors (Lipinski definition) is 4. The van der Waals surface area contributed by atoms with Crippen molar-refractivity contribution >= 4 is 23.2 Å². The average molecular weight is 380 g/mol. The number of rotatable bonds is 12. The lowest BCUT2D eigenvalue weighted by atomic mass is 9.88. The smallest absolute Gasteiger partial charge is 0.399 e. The van der Waals surface area contributed by atoms with Crippen molar-refractivity contribution in [3.05, 3.63) is 17.0 Å². The Morgan fingerprint density at radius 3 is 2.15 bits per heavy atom. The van der Waals surface area contributed by atoms with E-state index in [1.54, 1.807) is 11.3 Å². The highest BCUT2D eigenvalue weighted by Crippen LogP contribution is 2.37. The van der Waals surface area contributed by atoms with Gasteiger partial charge in [0.2, 0.25) is 0 Å². The molecule has 148 valence electrons. The molecule has 0 N–H and O–H groups in total. The van der Waals surface area contributed by atoms with Crippen LogP contribution in [-0.2, 0) is 20.5 Å². The van der Waals surface area contributed by atoms with Crippen LogP contribution in [0, 0.1) is 0 Å². The van der Waals surface area contributed by atoms with Crippen molar-refractivity contribution in [1.82, 2.24) is 0 Å². The Kier molecular flexibility index (Phi) is 8.66. The van der Waals surface area contributed by atoms with Crippen molar-refractivity contribution in [1.29, 1.82) is 0 Å². The molecule has 0 aliphatic carbocycles. The van der Waals surface area contributed by atoms with Gasteiger partial charge in [0.05, 0.1) is 17.8 Å². The summed E-state index contributed by atoms with van der Waals surface area (Å²) in [4.78, 5) is 1.34. The lowest BCUT2D eigenvalue weighted by Gasteiger charge is -2.32. The van der Waals surface area contributed by atoms with Gasteiger partial charge in [-0.2, -0.15) is 0 Å². The van der Waals surface area contributed by atoms with Gasteiger partial charge in [-0.05, 0) is 40.2 Å². The fourth-order valence-corrected chi connectivity index (χ4v) is 4.00. The molecule has 0 unspecified atom stereocenters. The van der Waals surface area contributed by atoms with Gasteiger partial charge in [-0.15, -0.1) is 11.3 Å². The number of hydrogen-bond donors (Lipinski definition) is 0. The summed E-state index contributed by atoms with van der Waals surface area (Å²) in [6, 6.07) is 4.32. The summed E-state index contributed by atoms with van der Waals surface area (Å²) in [5, 5.41) is 0. The summed E-state index contributed by atoms with van der Waals surface area (Å²) in [6.07, 6.45) is 10.3. The van der Waals surface area contributed by atoms with Gasteiger partial charge >= 0.3 is 7.12 Å². The normalized spacial score (nSPS) is 18.6. The van der Waals surface area contributed by atoms with Crippen LogP contribution in [0.25, 0.3) is 0 Å². The van der Waals surface area contributed by atoms with Crippen molar-refractivity contribution < 1.29 is 14.0 Å². The van der Waals surface area contributed by atoms with Crippen LogP contribution in [0.1, 0.15) is 84.4 Å². The maximum atomic E-state index is 6.13. The minimum Gasteiger partial charge on any atom is -0.399 e. The molecule has 0 spiro atoms. The van der Waals surface area contributed by atoms with Crippen molar-refractivity contribution in [3.8, 4) is 0 Å². The second-order valence-corrected chi connectivity index (χ2v) is 9.58. The first kappa shape index (κ1) is 21.9. The average Bonchev–Trinajstić information content (AvgIpc) is 3.12. The second-order valence-electron chi connectivity index (χ2n) is 8.38. The Bertz CT molecular complexity index is 511. The molecule has 3 nitrogen and oxygen atoms in total. The first-order chi connectivity index (χ1) is 12.4. The van der Waals surface area contributed by atoms with Crippen molar-refractivity contribution in [2.24, 2.45) is 0 Å². The SMILES string of the molecule is CCCCCCCCCOCCc1ccc(B2OC(C)(C)C(C)(C)O2)s1. The summed E-state index contributed by atoms with van der Waals surface area (Å²) in [7, 11) is -0.243. The molecule has 1 saturated heterocycles. The first-order valence-electron chi connectivity index (χ1n) is 10.4. The molecule has 0 radical (unpaired) electrons. The van der Waals surface area contributed by atoms with Crippen LogP contribution in [0.15, 0.2) is 12.1 Å². The fourth-order valence-electron chi connectivity index (χ4n) is 3.05. The van der Waals surface area contributed by atoms with E-state index >= 15 is 0 Å². The second kappa shape index (κ2) is 10.3. The molecule has 1 aromatic rings. The number of ether oxygens (including phenoxy) is 1. The molecule has 1 aromatic heterocycles. The third-order valence-electron chi connectivity index (χ3n) is 5.55. The topological polar surface area (TPSA) is 27.7 Å². The lowest BCUT2D eigenvalue weighted by Crippen LogP contribution is -2.41. The van der Waals surface area contributed by atoms with Crippen LogP contribution >= 0.6 is 11.3 Å². The molecule has 0 amide bonds. The molecular weight excluding hydrogens is 343 g/mol. The zero-order valence-electron chi connectivity index (χ0n) is 17.4. The van der Waals surface area contributed by atoms with E-state index in [0.717, 1.165) is 24.4 Å². The maximum absolute atomic E-state index is 6.13. The Morgan fingerprint density at radius 2 is 1.50 bits per heavy atom. The molecule has 5 heteroatoms. The summed E-state index contributed by atoms with van der Waals surface area (Å²) in [5.74, 6) is 0. The van der Waals surface area contributed by atoms with Crippen molar-refractivity contribution in [2.45, 2.75) is 97.2 Å². The Labute approximate surface area is 165 Å². The minimum absolute atomic E-state index is 0.243. The monoisotopic (exact) mass is 380 g/mol. The van der Waals surface area contributed by atoms with Crippen molar-refractivity contribution in [3.63, 3.8) is 0 Å². The highest BCUT2D eigenvalue weighted by atomic mass is 32.1. The van der Waals surface area contributed by atoms with Crippen LogP contribution in [0.5, 0.6) is 0 Å². The standard InChI is InChI=1S/C21H37BO3S/c1-6-7-8-9-10-11-12-16-23-17-15-18-13-14-19(26-18)22-24-20(2,3)21(4,5)25-22/h13-14H,6-12,15-17H2,1-5H3. The highest BCUT2D eigenvalue weighted by molar-refractivity contribution is 7.22. The van der Waals surface area contributed by atoms with Gasteiger partial charge in [-0.3, -0.25) is 0 Å². The van der Waals surface area contributed by atoms with Crippen LogP contribution in [0.4, 0.5) is 0 Å². The zero-order valence-corrected chi connectivity index (χ0v) is 18.3. The van der Waals surface area contributed by atoms with Crippen LogP contribution in [-0.4, -0.2) is 31.5 Å². The minimum atomic E-state index is -0.276. The molecular formula is C21H37BO3S. The van der Waals surface area contributed by atoms with Gasteiger partial charge in [0, 0.05) is 22.7 Å². The lowest BCUT2D eigenvalue weighted by molar-refractivity contribution is 0.00578. The third kappa shape index (κ3) is 6.37. The van der Waals surface area contributed by atoms with Gasteiger partial charge < -0.3 is 14.0 Å². The molecule has 26 heavy (non-hydrogen) atoms. The predicted molar refractivity (Wildman–Crippen MR) is 113 cm³/mol. The Morgan fingerprint density at radius 1 is 0.885 bits per heavy atom. The fraction of sp³-hybridized carbons (Fsp3) is 0.810. The van der Waals surface area contributed by atoms with E-state index in [4.69, 9.17) is 14.0 Å². The molecule has 2 rings (SSSR count). The first-order valence-corrected chi connectivity index (χ1v) is 11.2. The van der Waals surface area contributed by atoms with Gasteiger partial charge in [-0.1, -0.05) is 51.5 Å². The van der Waals surface area contributed by atoms with Gasteiger partial charge in [0.15, 0.2) is 0 Å². The molecule has 1 aliphatic heterocycles. The molecule has 1 fully saturated rings. The van der Waals surface area contributed by atoms with E-state index in [0.29, 0.717) is 0 Å². The van der Waals surface area contributed by atoms with E-state index in [9.17, 15) is 0 Å². The Hall–Kier alpha value is -0.355. The van der Waals surface area contributed by atoms with Crippen LogP contribution < -0.4 is 4.78 Å². The van der Waals surface area contributed by atoms with Gasteiger partial charge in [0.1, 0.15) is 0 Å². The van der Waals surface area contributed by atoms with Crippen molar-refractivity contribution in [2.75, 3.05) is 13.2 Å². The molecule has 1 aliphatic rings. The van der Waals surface area contributed by atoms with Crippen LogP contribution in [0.2, 0.25) is 0 Å². The third-order valence-corrected chi connectivity index (χ3v) is 6.72. The molecule has 0 aromatic carbocycles. The highest BCUT2D eigenvalue weighted by Gasteiger charge is 2.52. The quantitative estimate of drug-likeness (QED) is 0.361. The van der Waals surface area contributed by atoms with Gasteiger partial charge in [0.25, 0.3) is 0 Å². The molecule has 0 atom stereocenters. The number of thiophene rings is 1. The summed E-state index contributed by atoms with van der Waals surface area (Å²) < 4.78 is 19.2. The predicted octanol–water partition coefficient (Wildman–Crippen LogP) is 5.36. The number of unbranched alkanes of at least 4 members (excludes halogenated alkanes) is 6. The summed E-state index contributed by atoms with van der Waals surface area (Å²) in [5.41, 5.74) is -0.553. The van der Waals surface area contributed by atoms with E-state index in [-0.39, 0.29) is 18.3 Å². The van der Waals surface area contributed by atoms with Gasteiger partial charge in [-0.25, -0.2) is 0 Å². The molecule has 2 heterocycles. The molecule has 0 bridgehead atoms. The zero-order chi connectivity index (χ0) is 19.0. The Balaban J connectivity index is 1.60. The summed E-state index contributed by atoms with van der Waals surface area (Å²) >= 11 is 1.78. The van der Waals surface area contributed by atoms with E-state index < -0.39 is 0 Å². The largest absolute Gasteiger partial charge is 0.505 e. The van der Waals surface area contributed by atoms with Crippen LogP contribution in [0.3, 0.4) is 0 Å². The molecule has 0 saturated carbocycles. The van der Waals surface area contributed by atoms with E-state index in [2.05, 4.69) is 46.8 Å². The van der Waals surface area contributed by atoms with E-state index in [1.807, 2.05) is 0 Å². The summed E-state index contributed by atoms with van der Waals surface area (Å²) in [6.45, 7) is 12.3.